The number of rotatable bonds is 2. The van der Waals surface area contributed by atoms with Gasteiger partial charge >= 0.3 is 0 Å². The molecular formula is C10H7F2N. The summed E-state index contributed by atoms with van der Waals surface area (Å²) >= 11 is 0. The number of hydrogen-bond acceptors (Lipinski definition) is 1. The molecule has 0 spiro atoms. The Balaban J connectivity index is 3.17. The van der Waals surface area contributed by atoms with E-state index >= 15 is 0 Å². The van der Waals surface area contributed by atoms with Crippen LogP contribution in [-0.2, 0) is 5.92 Å². The molecule has 1 aromatic carbocycles. The molecule has 0 atom stereocenters. The lowest BCUT2D eigenvalue weighted by Gasteiger charge is -2.10. The van der Waals surface area contributed by atoms with Crippen molar-refractivity contribution in [2.24, 2.45) is 0 Å². The van der Waals surface area contributed by atoms with Crippen LogP contribution in [0.25, 0.3) is 0 Å². The summed E-state index contributed by atoms with van der Waals surface area (Å²) in [6, 6.07) is 7.11. The normalized spacial score (nSPS) is 10.5. The minimum absolute atomic E-state index is 0.207. The number of nitriles is 1. The Bertz CT molecular complexity index is 363. The van der Waals surface area contributed by atoms with Gasteiger partial charge < -0.3 is 0 Å². The summed E-state index contributed by atoms with van der Waals surface area (Å²) in [6.07, 6.45) is 0.559. The standard InChI is InChI=1S/C10H7F2N/c1-2-10(11,12)9-5-3-4-8(6-9)7-13/h2-6H,1H2. The Morgan fingerprint density at radius 2 is 2.15 bits per heavy atom. The Hall–Kier alpha value is -1.69. The molecule has 13 heavy (non-hydrogen) atoms. The van der Waals surface area contributed by atoms with Gasteiger partial charge in [-0.3, -0.25) is 0 Å². The largest absolute Gasteiger partial charge is 0.291 e. The molecule has 0 aliphatic rings. The van der Waals surface area contributed by atoms with Gasteiger partial charge in [-0.25, -0.2) is 0 Å². The van der Waals surface area contributed by atoms with E-state index in [0.717, 1.165) is 6.07 Å². The van der Waals surface area contributed by atoms with Gasteiger partial charge in [-0.05, 0) is 18.2 Å². The van der Waals surface area contributed by atoms with E-state index in [4.69, 9.17) is 5.26 Å². The van der Waals surface area contributed by atoms with Crippen LogP contribution in [0.1, 0.15) is 11.1 Å². The maximum absolute atomic E-state index is 13.0. The van der Waals surface area contributed by atoms with Gasteiger partial charge in [0.05, 0.1) is 11.6 Å². The van der Waals surface area contributed by atoms with Crippen LogP contribution >= 0.6 is 0 Å². The zero-order chi connectivity index (χ0) is 9.90. The first-order valence-corrected chi connectivity index (χ1v) is 3.62. The summed E-state index contributed by atoms with van der Waals surface area (Å²) in [6.45, 7) is 3.03. The second kappa shape index (κ2) is 3.36. The van der Waals surface area contributed by atoms with Crippen molar-refractivity contribution >= 4 is 0 Å². The van der Waals surface area contributed by atoms with Gasteiger partial charge in [0.15, 0.2) is 0 Å². The molecule has 0 radical (unpaired) electrons. The molecule has 3 heteroatoms. The molecule has 1 aromatic rings. The molecule has 1 nitrogen and oxygen atoms in total. The first kappa shape index (κ1) is 9.40. The highest BCUT2D eigenvalue weighted by molar-refractivity contribution is 5.35. The molecule has 0 bridgehead atoms. The monoisotopic (exact) mass is 179 g/mol. The molecule has 0 N–H and O–H groups in total. The molecule has 0 aliphatic heterocycles. The summed E-state index contributed by atoms with van der Waals surface area (Å²) in [5, 5.41) is 8.48. The molecule has 0 heterocycles. The molecule has 0 saturated heterocycles. The van der Waals surface area contributed by atoms with Gasteiger partial charge in [0.1, 0.15) is 0 Å². The molecule has 0 fully saturated rings. The highest BCUT2D eigenvalue weighted by Crippen LogP contribution is 2.28. The van der Waals surface area contributed by atoms with Crippen LogP contribution in [0.3, 0.4) is 0 Å². The van der Waals surface area contributed by atoms with Gasteiger partial charge in [-0.1, -0.05) is 18.7 Å². The van der Waals surface area contributed by atoms with E-state index in [1.54, 1.807) is 6.07 Å². The Morgan fingerprint density at radius 3 is 2.69 bits per heavy atom. The zero-order valence-electron chi connectivity index (χ0n) is 6.80. The van der Waals surface area contributed by atoms with Gasteiger partial charge in [-0.15, -0.1) is 0 Å². The molecule has 0 amide bonds. The van der Waals surface area contributed by atoms with Crippen LogP contribution < -0.4 is 0 Å². The number of benzene rings is 1. The summed E-state index contributed by atoms with van der Waals surface area (Å²) in [5.41, 5.74) is 0.0144. The van der Waals surface area contributed by atoms with Crippen molar-refractivity contribution in [1.82, 2.24) is 0 Å². The molecule has 0 unspecified atom stereocenters. The Kier molecular flexibility index (Phi) is 2.43. The summed E-state index contributed by atoms with van der Waals surface area (Å²) < 4.78 is 25.9. The van der Waals surface area contributed by atoms with Crippen LogP contribution in [0.4, 0.5) is 8.78 Å². The number of hydrogen-bond donors (Lipinski definition) is 0. The van der Waals surface area contributed by atoms with E-state index in [-0.39, 0.29) is 11.1 Å². The average Bonchev–Trinajstić information content (AvgIpc) is 2.18. The van der Waals surface area contributed by atoms with Crippen molar-refractivity contribution in [2.45, 2.75) is 5.92 Å². The quantitative estimate of drug-likeness (QED) is 0.640. The fourth-order valence-corrected chi connectivity index (χ4v) is 0.914. The van der Waals surface area contributed by atoms with Crippen LogP contribution in [0, 0.1) is 11.3 Å². The van der Waals surface area contributed by atoms with Gasteiger partial charge in [0, 0.05) is 5.56 Å². The lowest BCUT2D eigenvalue weighted by Crippen LogP contribution is -2.08. The molecule has 0 aromatic heterocycles. The molecule has 0 aliphatic carbocycles. The van der Waals surface area contributed by atoms with E-state index in [1.807, 2.05) is 0 Å². The highest BCUT2D eigenvalue weighted by Gasteiger charge is 2.26. The fourth-order valence-electron chi connectivity index (χ4n) is 0.914. The van der Waals surface area contributed by atoms with E-state index < -0.39 is 5.92 Å². The third kappa shape index (κ3) is 1.91. The summed E-state index contributed by atoms with van der Waals surface area (Å²) in [4.78, 5) is 0. The maximum atomic E-state index is 13.0. The Morgan fingerprint density at radius 1 is 1.46 bits per heavy atom. The molecule has 1 rings (SSSR count). The first-order valence-electron chi connectivity index (χ1n) is 3.62. The maximum Gasteiger partial charge on any atom is 0.291 e. The predicted molar refractivity (Wildman–Crippen MR) is 45.2 cm³/mol. The lowest BCUT2D eigenvalue weighted by molar-refractivity contribution is 0.0525. The Labute approximate surface area is 74.9 Å². The van der Waals surface area contributed by atoms with Crippen LogP contribution in [-0.4, -0.2) is 0 Å². The van der Waals surface area contributed by atoms with E-state index in [9.17, 15) is 8.78 Å². The van der Waals surface area contributed by atoms with Crippen LogP contribution in [0.2, 0.25) is 0 Å². The lowest BCUT2D eigenvalue weighted by atomic mass is 10.1. The van der Waals surface area contributed by atoms with Crippen molar-refractivity contribution in [3.05, 3.63) is 48.0 Å². The van der Waals surface area contributed by atoms with Crippen LogP contribution in [0.15, 0.2) is 36.9 Å². The van der Waals surface area contributed by atoms with Crippen molar-refractivity contribution in [2.75, 3.05) is 0 Å². The average molecular weight is 179 g/mol. The van der Waals surface area contributed by atoms with Crippen LogP contribution in [0.5, 0.6) is 0 Å². The second-order valence-electron chi connectivity index (χ2n) is 2.52. The third-order valence-electron chi connectivity index (χ3n) is 1.63. The molecule has 0 saturated carbocycles. The van der Waals surface area contributed by atoms with Gasteiger partial charge in [-0.2, -0.15) is 14.0 Å². The number of alkyl halides is 2. The SMILES string of the molecule is C=CC(F)(F)c1cccc(C#N)c1. The number of nitrogens with zero attached hydrogens (tertiary/aromatic N) is 1. The topological polar surface area (TPSA) is 23.8 Å². The number of halogens is 2. The smallest absolute Gasteiger partial charge is 0.197 e. The van der Waals surface area contributed by atoms with Crippen molar-refractivity contribution in [3.8, 4) is 6.07 Å². The summed E-state index contributed by atoms with van der Waals surface area (Å²) in [5.74, 6) is -3.06. The van der Waals surface area contributed by atoms with E-state index in [2.05, 4.69) is 6.58 Å². The minimum atomic E-state index is -3.06. The van der Waals surface area contributed by atoms with Gasteiger partial charge in [0.2, 0.25) is 0 Å². The van der Waals surface area contributed by atoms with E-state index in [0.29, 0.717) is 6.08 Å². The van der Waals surface area contributed by atoms with Crippen molar-refractivity contribution in [3.63, 3.8) is 0 Å². The van der Waals surface area contributed by atoms with Crippen molar-refractivity contribution < 1.29 is 8.78 Å². The second-order valence-corrected chi connectivity index (χ2v) is 2.52. The number of allylic oxidation sites excluding steroid dienone is 1. The molecule has 66 valence electrons. The third-order valence-corrected chi connectivity index (χ3v) is 1.63. The van der Waals surface area contributed by atoms with E-state index in [1.165, 1.54) is 18.2 Å². The van der Waals surface area contributed by atoms with Crippen molar-refractivity contribution in [1.29, 1.82) is 5.26 Å². The molecular weight excluding hydrogens is 172 g/mol. The summed E-state index contributed by atoms with van der Waals surface area (Å²) in [7, 11) is 0. The minimum Gasteiger partial charge on any atom is -0.197 e. The predicted octanol–water partition coefficient (Wildman–Crippen LogP) is 2.84. The van der Waals surface area contributed by atoms with Gasteiger partial charge in [0.25, 0.3) is 5.92 Å². The fraction of sp³-hybridized carbons (Fsp3) is 0.100. The first-order chi connectivity index (χ1) is 6.10. The highest BCUT2D eigenvalue weighted by atomic mass is 19.3. The zero-order valence-corrected chi connectivity index (χ0v) is 6.80.